The summed E-state index contributed by atoms with van der Waals surface area (Å²) in [6, 6.07) is 10.6. The Kier molecular flexibility index (Phi) is 5.29. The van der Waals surface area contributed by atoms with Crippen molar-refractivity contribution in [1.82, 2.24) is 20.1 Å². The molecule has 0 spiro atoms. The van der Waals surface area contributed by atoms with Crippen LogP contribution < -0.4 is 10.6 Å². The molecule has 0 atom stereocenters. The summed E-state index contributed by atoms with van der Waals surface area (Å²) in [5, 5.41) is 10.6. The molecule has 0 radical (unpaired) electrons. The van der Waals surface area contributed by atoms with Crippen molar-refractivity contribution >= 4 is 28.5 Å². The molecule has 158 valence electrons. The standard InChI is InChI=1S/C23H23N5O3/c1-13(2)28-21-16(12-25-28)15(11-18(26-21)19-9-6-10-31-19)22(29)27-17-8-5-7-14(3)20(17)23(30)24-4/h5-13H,1-4H3,(H,24,30)(H,27,29). The van der Waals surface area contributed by atoms with Gasteiger partial charge in [0.05, 0.1) is 34.7 Å². The number of anilines is 1. The van der Waals surface area contributed by atoms with E-state index in [2.05, 4.69) is 20.7 Å². The molecule has 4 rings (SSSR count). The smallest absolute Gasteiger partial charge is 0.256 e. The minimum Gasteiger partial charge on any atom is -0.463 e. The summed E-state index contributed by atoms with van der Waals surface area (Å²) in [6.45, 7) is 5.82. The Bertz CT molecular complexity index is 1270. The summed E-state index contributed by atoms with van der Waals surface area (Å²) in [4.78, 5) is 30.4. The van der Waals surface area contributed by atoms with Gasteiger partial charge < -0.3 is 15.1 Å². The number of nitrogens with zero attached hydrogens (tertiary/aromatic N) is 3. The minimum absolute atomic E-state index is 0.0596. The molecule has 4 aromatic rings. The van der Waals surface area contributed by atoms with Gasteiger partial charge >= 0.3 is 0 Å². The lowest BCUT2D eigenvalue weighted by Gasteiger charge is -2.14. The van der Waals surface area contributed by atoms with Crippen LogP contribution in [0, 0.1) is 6.92 Å². The second-order valence-electron chi connectivity index (χ2n) is 7.48. The molecule has 3 aromatic heterocycles. The SMILES string of the molecule is CNC(=O)c1c(C)cccc1NC(=O)c1cc(-c2ccco2)nc2c1cnn2C(C)C. The minimum atomic E-state index is -0.362. The normalized spacial score (nSPS) is 11.1. The number of furan rings is 1. The molecule has 31 heavy (non-hydrogen) atoms. The second kappa shape index (κ2) is 8.06. The molecule has 0 fully saturated rings. The predicted octanol–water partition coefficient (Wildman–Crippen LogP) is 4.19. The molecule has 8 heteroatoms. The molecular formula is C23H23N5O3. The molecule has 2 N–H and O–H groups in total. The van der Waals surface area contributed by atoms with E-state index in [4.69, 9.17) is 4.42 Å². The highest BCUT2D eigenvalue weighted by Crippen LogP contribution is 2.28. The number of aromatic nitrogens is 3. The fourth-order valence-corrected chi connectivity index (χ4v) is 3.52. The molecule has 3 heterocycles. The molecule has 1 aromatic carbocycles. The Balaban J connectivity index is 1.84. The van der Waals surface area contributed by atoms with E-state index in [-0.39, 0.29) is 17.9 Å². The third-order valence-corrected chi connectivity index (χ3v) is 5.05. The Morgan fingerprint density at radius 2 is 1.94 bits per heavy atom. The number of carbonyl (C=O) groups excluding carboxylic acids is 2. The zero-order valence-corrected chi connectivity index (χ0v) is 17.8. The van der Waals surface area contributed by atoms with Crippen LogP contribution in [0.5, 0.6) is 0 Å². The summed E-state index contributed by atoms with van der Waals surface area (Å²) >= 11 is 0. The Labute approximate surface area is 179 Å². The van der Waals surface area contributed by atoms with Gasteiger partial charge in [-0.3, -0.25) is 9.59 Å². The van der Waals surface area contributed by atoms with Crippen LogP contribution in [0.4, 0.5) is 5.69 Å². The average Bonchev–Trinajstić information content (AvgIpc) is 3.42. The fraction of sp³-hybridized carbons (Fsp3) is 0.217. The van der Waals surface area contributed by atoms with Gasteiger partial charge in [-0.05, 0) is 50.6 Å². The number of carbonyl (C=O) groups is 2. The summed E-state index contributed by atoms with van der Waals surface area (Å²) < 4.78 is 7.27. The third kappa shape index (κ3) is 3.68. The quantitative estimate of drug-likeness (QED) is 0.507. The van der Waals surface area contributed by atoms with Crippen molar-refractivity contribution in [3.63, 3.8) is 0 Å². The van der Waals surface area contributed by atoms with E-state index in [1.54, 1.807) is 54.5 Å². The molecular weight excluding hydrogens is 394 g/mol. The molecule has 0 saturated heterocycles. The molecule has 0 aliphatic heterocycles. The molecule has 0 bridgehead atoms. The maximum atomic E-state index is 13.4. The number of nitrogens with one attached hydrogen (secondary N) is 2. The number of benzene rings is 1. The van der Waals surface area contributed by atoms with E-state index < -0.39 is 0 Å². The van der Waals surface area contributed by atoms with Crippen molar-refractivity contribution < 1.29 is 14.0 Å². The highest BCUT2D eigenvalue weighted by atomic mass is 16.3. The van der Waals surface area contributed by atoms with Crippen LogP contribution >= 0.6 is 0 Å². The van der Waals surface area contributed by atoms with Gasteiger partial charge in [0.15, 0.2) is 11.4 Å². The van der Waals surface area contributed by atoms with Gasteiger partial charge in [-0.2, -0.15) is 5.10 Å². The molecule has 0 aliphatic rings. The van der Waals surface area contributed by atoms with Crippen LogP contribution in [0.15, 0.2) is 53.3 Å². The van der Waals surface area contributed by atoms with E-state index in [0.717, 1.165) is 5.56 Å². The van der Waals surface area contributed by atoms with Crippen LogP contribution in [0.1, 0.15) is 46.2 Å². The first kappa shape index (κ1) is 20.3. The lowest BCUT2D eigenvalue weighted by molar-refractivity contribution is 0.0963. The van der Waals surface area contributed by atoms with Crippen molar-refractivity contribution in [2.45, 2.75) is 26.8 Å². The molecule has 0 aliphatic carbocycles. The van der Waals surface area contributed by atoms with E-state index in [1.165, 1.54) is 0 Å². The van der Waals surface area contributed by atoms with Crippen LogP contribution in [0.2, 0.25) is 0 Å². The van der Waals surface area contributed by atoms with Crippen LogP contribution in [-0.2, 0) is 0 Å². The van der Waals surface area contributed by atoms with E-state index in [0.29, 0.717) is 39.3 Å². The third-order valence-electron chi connectivity index (χ3n) is 5.05. The Morgan fingerprint density at radius 3 is 2.61 bits per heavy atom. The molecule has 0 unspecified atom stereocenters. The van der Waals surface area contributed by atoms with Crippen molar-refractivity contribution in [2.24, 2.45) is 0 Å². The van der Waals surface area contributed by atoms with Gasteiger partial charge in [0.1, 0.15) is 5.69 Å². The lowest BCUT2D eigenvalue weighted by atomic mass is 10.0. The summed E-state index contributed by atoms with van der Waals surface area (Å²) in [5.41, 5.74) is 3.14. The number of aryl methyl sites for hydroxylation is 1. The highest BCUT2D eigenvalue weighted by Gasteiger charge is 2.21. The van der Waals surface area contributed by atoms with Gasteiger partial charge in [0.2, 0.25) is 0 Å². The summed E-state index contributed by atoms with van der Waals surface area (Å²) in [7, 11) is 1.56. The number of hydrogen-bond donors (Lipinski definition) is 2. The van der Waals surface area contributed by atoms with Crippen molar-refractivity contribution in [3.8, 4) is 11.5 Å². The summed E-state index contributed by atoms with van der Waals surface area (Å²) in [6.07, 6.45) is 3.20. The van der Waals surface area contributed by atoms with Crippen LogP contribution in [0.3, 0.4) is 0 Å². The number of rotatable bonds is 5. The number of hydrogen-bond acceptors (Lipinski definition) is 5. The predicted molar refractivity (Wildman–Crippen MR) is 118 cm³/mol. The van der Waals surface area contributed by atoms with Gasteiger partial charge in [-0.1, -0.05) is 12.1 Å². The monoisotopic (exact) mass is 417 g/mol. The average molecular weight is 417 g/mol. The number of pyridine rings is 1. The first-order valence-electron chi connectivity index (χ1n) is 9.96. The Hall–Kier alpha value is -3.94. The lowest BCUT2D eigenvalue weighted by Crippen LogP contribution is -2.22. The molecule has 8 nitrogen and oxygen atoms in total. The van der Waals surface area contributed by atoms with Crippen molar-refractivity contribution in [2.75, 3.05) is 12.4 Å². The first-order chi connectivity index (χ1) is 14.9. The van der Waals surface area contributed by atoms with Crippen molar-refractivity contribution in [3.05, 3.63) is 65.5 Å². The topological polar surface area (TPSA) is 102 Å². The Morgan fingerprint density at radius 1 is 1.13 bits per heavy atom. The van der Waals surface area contributed by atoms with Gasteiger partial charge in [0.25, 0.3) is 11.8 Å². The molecule has 0 saturated carbocycles. The van der Waals surface area contributed by atoms with E-state index in [9.17, 15) is 9.59 Å². The largest absolute Gasteiger partial charge is 0.463 e. The summed E-state index contributed by atoms with van der Waals surface area (Å²) in [5.74, 6) is -0.0782. The van der Waals surface area contributed by atoms with Crippen LogP contribution in [0.25, 0.3) is 22.5 Å². The second-order valence-corrected chi connectivity index (χ2v) is 7.48. The number of fused-ring (bicyclic) bond motifs is 1. The number of amides is 2. The highest BCUT2D eigenvalue weighted by molar-refractivity contribution is 6.14. The van der Waals surface area contributed by atoms with E-state index in [1.807, 2.05) is 26.8 Å². The van der Waals surface area contributed by atoms with Gasteiger partial charge in [-0.15, -0.1) is 0 Å². The zero-order valence-electron chi connectivity index (χ0n) is 17.8. The zero-order chi connectivity index (χ0) is 22.1. The first-order valence-corrected chi connectivity index (χ1v) is 9.96. The maximum Gasteiger partial charge on any atom is 0.256 e. The maximum absolute atomic E-state index is 13.4. The van der Waals surface area contributed by atoms with E-state index >= 15 is 0 Å². The van der Waals surface area contributed by atoms with Crippen molar-refractivity contribution in [1.29, 1.82) is 0 Å². The fourth-order valence-electron chi connectivity index (χ4n) is 3.52. The molecule has 2 amide bonds. The van der Waals surface area contributed by atoms with Gasteiger partial charge in [-0.25, -0.2) is 9.67 Å². The van der Waals surface area contributed by atoms with Gasteiger partial charge in [0, 0.05) is 13.1 Å². The van der Waals surface area contributed by atoms with Crippen LogP contribution in [-0.4, -0.2) is 33.6 Å².